The highest BCUT2D eigenvalue weighted by Crippen LogP contribution is 2.21. The summed E-state index contributed by atoms with van der Waals surface area (Å²) in [4.78, 5) is 19.7. The smallest absolute Gasteiger partial charge is 0.166 e. The molecule has 3 nitrogen and oxygen atoms in total. The number of carbonyl (C=O) groups is 1. The van der Waals surface area contributed by atoms with E-state index in [-0.39, 0.29) is 5.78 Å². The maximum atomic E-state index is 11.3. The molecule has 0 atom stereocenters. The number of rotatable bonds is 0. The van der Waals surface area contributed by atoms with Gasteiger partial charge in [-0.3, -0.25) is 4.79 Å². The fraction of sp³-hybridized carbons (Fsp3) is 0.444. The van der Waals surface area contributed by atoms with Gasteiger partial charge < -0.3 is 0 Å². The molecular formula is C9H10N2O. The highest BCUT2D eigenvalue weighted by Gasteiger charge is 2.23. The van der Waals surface area contributed by atoms with Crippen LogP contribution in [0.1, 0.15) is 34.0 Å². The maximum absolute atomic E-state index is 11.3. The van der Waals surface area contributed by atoms with Gasteiger partial charge in [0.2, 0.25) is 0 Å². The normalized spacial score (nSPS) is 15.0. The van der Waals surface area contributed by atoms with Crippen molar-refractivity contribution < 1.29 is 4.79 Å². The van der Waals surface area contributed by atoms with Gasteiger partial charge >= 0.3 is 0 Å². The summed E-state index contributed by atoms with van der Waals surface area (Å²) >= 11 is 0. The molecule has 0 N–H and O–H groups in total. The van der Waals surface area contributed by atoms with E-state index in [1.807, 2.05) is 13.8 Å². The van der Waals surface area contributed by atoms with E-state index in [1.165, 1.54) is 0 Å². The van der Waals surface area contributed by atoms with Crippen LogP contribution in [0.5, 0.6) is 0 Å². The van der Waals surface area contributed by atoms with Crippen LogP contribution in [0.4, 0.5) is 0 Å². The molecule has 2 rings (SSSR count). The van der Waals surface area contributed by atoms with Crippen LogP contribution in [0.2, 0.25) is 0 Å². The molecule has 12 heavy (non-hydrogen) atoms. The minimum absolute atomic E-state index is 0.197. The van der Waals surface area contributed by atoms with Crippen LogP contribution < -0.4 is 0 Å². The van der Waals surface area contributed by atoms with Crippen molar-refractivity contribution in [2.24, 2.45) is 0 Å². The largest absolute Gasteiger partial charge is 0.294 e. The van der Waals surface area contributed by atoms with E-state index in [0.717, 1.165) is 29.2 Å². The third-order valence-corrected chi connectivity index (χ3v) is 2.14. The first-order valence-electron chi connectivity index (χ1n) is 4.06. The zero-order chi connectivity index (χ0) is 8.72. The number of aryl methyl sites for hydroxylation is 3. The molecule has 0 bridgehead atoms. The zero-order valence-electron chi connectivity index (χ0n) is 7.22. The van der Waals surface area contributed by atoms with Gasteiger partial charge in [0.05, 0.1) is 17.0 Å². The molecule has 0 amide bonds. The molecule has 0 radical (unpaired) electrons. The fourth-order valence-electron chi connectivity index (χ4n) is 1.68. The number of hydrogen-bond donors (Lipinski definition) is 0. The van der Waals surface area contributed by atoms with Crippen LogP contribution in [-0.4, -0.2) is 15.8 Å². The van der Waals surface area contributed by atoms with Crippen molar-refractivity contribution in [1.29, 1.82) is 0 Å². The lowest BCUT2D eigenvalue weighted by molar-refractivity contribution is 0.0993. The number of Topliss-reactive ketones (excluding diaryl/α,β-unsaturated/α-hetero) is 1. The molecule has 1 aliphatic rings. The Bertz CT molecular complexity index is 358. The number of fused-ring (bicyclic) bond motifs is 1. The Morgan fingerprint density at radius 1 is 1.17 bits per heavy atom. The zero-order valence-corrected chi connectivity index (χ0v) is 7.22. The molecule has 0 saturated carbocycles. The van der Waals surface area contributed by atoms with E-state index < -0.39 is 0 Å². The Kier molecular flexibility index (Phi) is 1.46. The molecular weight excluding hydrogens is 152 g/mol. The summed E-state index contributed by atoms with van der Waals surface area (Å²) in [7, 11) is 0. The van der Waals surface area contributed by atoms with E-state index in [2.05, 4.69) is 9.97 Å². The summed E-state index contributed by atoms with van der Waals surface area (Å²) < 4.78 is 0. The van der Waals surface area contributed by atoms with Gasteiger partial charge in [-0.1, -0.05) is 0 Å². The molecule has 0 aromatic carbocycles. The lowest BCUT2D eigenvalue weighted by Gasteiger charge is -2.01. The van der Waals surface area contributed by atoms with Gasteiger partial charge in [-0.2, -0.15) is 0 Å². The molecule has 0 fully saturated rings. The number of nitrogens with zero attached hydrogens (tertiary/aromatic N) is 2. The molecule has 0 unspecified atom stereocenters. The standard InChI is InChI=1S/C9H10N2O/c1-5-9-7(3-4-8(9)12)11-6(2)10-5/h3-4H2,1-2H3. The lowest BCUT2D eigenvalue weighted by atomic mass is 10.2. The van der Waals surface area contributed by atoms with Crippen LogP contribution in [0.15, 0.2) is 0 Å². The molecule has 1 aliphatic carbocycles. The Morgan fingerprint density at radius 2 is 1.92 bits per heavy atom. The number of aromatic nitrogens is 2. The summed E-state index contributed by atoms with van der Waals surface area (Å²) in [5.41, 5.74) is 2.53. The first-order chi connectivity index (χ1) is 5.68. The Balaban J connectivity index is 2.68. The summed E-state index contributed by atoms with van der Waals surface area (Å²) in [6, 6.07) is 0. The van der Waals surface area contributed by atoms with E-state index in [4.69, 9.17) is 0 Å². The second kappa shape index (κ2) is 2.37. The van der Waals surface area contributed by atoms with Crippen molar-refractivity contribution >= 4 is 5.78 Å². The molecule has 1 heterocycles. The van der Waals surface area contributed by atoms with Gasteiger partial charge in [0, 0.05) is 6.42 Å². The summed E-state index contributed by atoms with van der Waals surface area (Å²) in [6.07, 6.45) is 1.40. The van der Waals surface area contributed by atoms with E-state index in [0.29, 0.717) is 6.42 Å². The first kappa shape index (κ1) is 7.40. The Hall–Kier alpha value is -1.25. The summed E-state index contributed by atoms with van der Waals surface area (Å²) in [6.45, 7) is 3.73. The minimum atomic E-state index is 0.197. The third kappa shape index (κ3) is 0.932. The second-order valence-electron chi connectivity index (χ2n) is 3.10. The van der Waals surface area contributed by atoms with Gasteiger partial charge in [-0.05, 0) is 20.3 Å². The van der Waals surface area contributed by atoms with Crippen LogP contribution in [-0.2, 0) is 6.42 Å². The number of hydrogen-bond acceptors (Lipinski definition) is 3. The minimum Gasteiger partial charge on any atom is -0.294 e. The highest BCUT2D eigenvalue weighted by molar-refractivity contribution is 6.00. The van der Waals surface area contributed by atoms with Crippen LogP contribution in [0, 0.1) is 13.8 Å². The number of carbonyl (C=O) groups excluding carboxylic acids is 1. The molecule has 0 aliphatic heterocycles. The van der Waals surface area contributed by atoms with E-state index in [1.54, 1.807) is 0 Å². The number of ketones is 1. The Morgan fingerprint density at radius 3 is 2.67 bits per heavy atom. The molecule has 0 spiro atoms. The van der Waals surface area contributed by atoms with Crippen LogP contribution in [0.25, 0.3) is 0 Å². The predicted octanol–water partition coefficient (Wildman–Crippen LogP) is 1.22. The van der Waals surface area contributed by atoms with Crippen molar-refractivity contribution in [3.8, 4) is 0 Å². The van der Waals surface area contributed by atoms with Crippen LogP contribution in [0.3, 0.4) is 0 Å². The molecule has 3 heteroatoms. The maximum Gasteiger partial charge on any atom is 0.166 e. The summed E-state index contributed by atoms with van der Waals surface area (Å²) in [5, 5.41) is 0. The van der Waals surface area contributed by atoms with E-state index >= 15 is 0 Å². The molecule has 0 saturated heterocycles. The fourth-order valence-corrected chi connectivity index (χ4v) is 1.68. The average Bonchev–Trinajstić information content (AvgIpc) is 2.31. The SMILES string of the molecule is Cc1nc(C)c2c(n1)CCC2=O. The summed E-state index contributed by atoms with van der Waals surface area (Å²) in [5.74, 6) is 0.962. The monoisotopic (exact) mass is 162 g/mol. The third-order valence-electron chi connectivity index (χ3n) is 2.14. The average molecular weight is 162 g/mol. The van der Waals surface area contributed by atoms with Crippen molar-refractivity contribution in [3.63, 3.8) is 0 Å². The highest BCUT2D eigenvalue weighted by atomic mass is 16.1. The van der Waals surface area contributed by atoms with Gasteiger partial charge in [0.1, 0.15) is 5.82 Å². The van der Waals surface area contributed by atoms with Crippen LogP contribution >= 0.6 is 0 Å². The van der Waals surface area contributed by atoms with Gasteiger partial charge in [-0.25, -0.2) is 9.97 Å². The molecule has 1 aromatic heterocycles. The molecule has 62 valence electrons. The van der Waals surface area contributed by atoms with Crippen molar-refractivity contribution in [1.82, 2.24) is 9.97 Å². The Labute approximate surface area is 70.9 Å². The van der Waals surface area contributed by atoms with Crippen molar-refractivity contribution in [2.45, 2.75) is 26.7 Å². The van der Waals surface area contributed by atoms with Crippen molar-refractivity contribution in [2.75, 3.05) is 0 Å². The van der Waals surface area contributed by atoms with E-state index in [9.17, 15) is 4.79 Å². The topological polar surface area (TPSA) is 42.9 Å². The first-order valence-corrected chi connectivity index (χ1v) is 4.06. The van der Waals surface area contributed by atoms with Crippen molar-refractivity contribution in [3.05, 3.63) is 22.8 Å². The van der Waals surface area contributed by atoms with Gasteiger partial charge in [0.15, 0.2) is 5.78 Å². The molecule has 1 aromatic rings. The predicted molar refractivity (Wildman–Crippen MR) is 44.2 cm³/mol. The van der Waals surface area contributed by atoms with Gasteiger partial charge in [-0.15, -0.1) is 0 Å². The second-order valence-corrected chi connectivity index (χ2v) is 3.10. The quantitative estimate of drug-likeness (QED) is 0.576. The van der Waals surface area contributed by atoms with Gasteiger partial charge in [0.25, 0.3) is 0 Å². The lowest BCUT2D eigenvalue weighted by Crippen LogP contribution is -2.02.